The first kappa shape index (κ1) is 17.6. The number of carbonyl (C=O) groups is 3. The molecule has 0 saturated heterocycles. The van der Waals surface area contributed by atoms with Gasteiger partial charge >= 0.3 is 12.0 Å². The van der Waals surface area contributed by atoms with Crippen molar-refractivity contribution in [2.75, 3.05) is 19.9 Å². The average Bonchev–Trinajstić information content (AvgIpc) is 3.03. The predicted molar refractivity (Wildman–Crippen MR) is 83.9 cm³/mol. The molecule has 3 N–H and O–H groups in total. The average molecular weight is 336 g/mol. The van der Waals surface area contributed by atoms with E-state index in [1.54, 1.807) is 18.2 Å². The first-order valence-electron chi connectivity index (χ1n) is 7.68. The van der Waals surface area contributed by atoms with E-state index in [1.165, 1.54) is 0 Å². The topological polar surface area (TPSA) is 117 Å². The molecule has 1 aliphatic rings. The molecule has 1 aromatic rings. The van der Waals surface area contributed by atoms with Crippen LogP contribution in [0.4, 0.5) is 4.79 Å². The number of hydrogen-bond acceptors (Lipinski definition) is 6. The lowest BCUT2D eigenvalue weighted by atomic mass is 10.1. The molecule has 130 valence electrons. The molecule has 2 amide bonds. The van der Waals surface area contributed by atoms with Gasteiger partial charge in [0.05, 0.1) is 0 Å². The number of benzene rings is 1. The molecule has 2 rings (SSSR count). The van der Waals surface area contributed by atoms with Crippen LogP contribution in [0.15, 0.2) is 18.2 Å². The molecule has 0 fully saturated rings. The summed E-state index contributed by atoms with van der Waals surface area (Å²) in [5.74, 6) is 0.380. The van der Waals surface area contributed by atoms with E-state index in [9.17, 15) is 14.4 Å². The minimum absolute atomic E-state index is 0.136. The van der Waals surface area contributed by atoms with E-state index >= 15 is 0 Å². The van der Waals surface area contributed by atoms with Crippen LogP contribution in [0.3, 0.4) is 0 Å². The number of ether oxygens (including phenoxy) is 3. The van der Waals surface area contributed by atoms with Crippen LogP contribution in [-0.4, -0.2) is 37.7 Å². The highest BCUT2D eigenvalue weighted by atomic mass is 16.7. The van der Waals surface area contributed by atoms with Gasteiger partial charge in [0, 0.05) is 18.5 Å². The van der Waals surface area contributed by atoms with Crippen molar-refractivity contribution in [1.82, 2.24) is 5.32 Å². The Morgan fingerprint density at radius 1 is 1.12 bits per heavy atom. The van der Waals surface area contributed by atoms with Gasteiger partial charge in [-0.15, -0.1) is 0 Å². The molecule has 0 unspecified atom stereocenters. The van der Waals surface area contributed by atoms with Crippen LogP contribution in [-0.2, 0) is 9.53 Å². The highest BCUT2D eigenvalue weighted by Crippen LogP contribution is 2.32. The van der Waals surface area contributed by atoms with Crippen LogP contribution in [0, 0.1) is 0 Å². The first-order chi connectivity index (χ1) is 11.6. The lowest BCUT2D eigenvalue weighted by Gasteiger charge is -2.05. The van der Waals surface area contributed by atoms with Crippen molar-refractivity contribution in [3.8, 4) is 11.5 Å². The Labute approximate surface area is 139 Å². The van der Waals surface area contributed by atoms with Gasteiger partial charge in [-0.3, -0.25) is 9.59 Å². The predicted octanol–water partition coefficient (Wildman–Crippen LogP) is 1.37. The molecule has 8 nitrogen and oxygen atoms in total. The second-order valence-electron chi connectivity index (χ2n) is 5.25. The number of nitrogens with two attached hydrogens (primary N) is 1. The van der Waals surface area contributed by atoms with Gasteiger partial charge in [-0.25, -0.2) is 4.79 Å². The summed E-state index contributed by atoms with van der Waals surface area (Å²) in [7, 11) is 0. The number of esters is 1. The fourth-order valence-corrected chi connectivity index (χ4v) is 2.15. The standard InChI is InChI=1S/C16H20N2O6/c17-16(21)18-7-3-1-2-4-15(20)22-9-12(19)11-5-6-13-14(8-11)24-10-23-13/h5-6,8H,1-4,7,9-10H2,(H3,17,18,21). The summed E-state index contributed by atoms with van der Waals surface area (Å²) < 4.78 is 15.3. The Morgan fingerprint density at radius 2 is 1.92 bits per heavy atom. The van der Waals surface area contributed by atoms with Crippen molar-refractivity contribution in [3.63, 3.8) is 0 Å². The van der Waals surface area contributed by atoms with Crippen molar-refractivity contribution in [3.05, 3.63) is 23.8 Å². The molecular weight excluding hydrogens is 316 g/mol. The quantitative estimate of drug-likeness (QED) is 0.399. The Bertz CT molecular complexity index is 617. The zero-order chi connectivity index (χ0) is 17.4. The highest BCUT2D eigenvalue weighted by Gasteiger charge is 2.17. The number of primary amides is 1. The second-order valence-corrected chi connectivity index (χ2v) is 5.25. The maximum absolute atomic E-state index is 12.0. The van der Waals surface area contributed by atoms with Crippen LogP contribution in [0.1, 0.15) is 36.0 Å². The zero-order valence-electron chi connectivity index (χ0n) is 13.2. The molecule has 1 aromatic carbocycles. The number of fused-ring (bicyclic) bond motifs is 1. The van der Waals surface area contributed by atoms with Gasteiger partial charge in [0.15, 0.2) is 23.9 Å². The summed E-state index contributed by atoms with van der Waals surface area (Å²) in [6.45, 7) is 0.311. The molecule has 0 spiro atoms. The lowest BCUT2D eigenvalue weighted by Crippen LogP contribution is -2.29. The van der Waals surface area contributed by atoms with Crippen molar-refractivity contribution in [2.24, 2.45) is 5.73 Å². The Balaban J connectivity index is 1.63. The number of rotatable bonds is 9. The van der Waals surface area contributed by atoms with Gasteiger partial charge in [0.25, 0.3) is 0 Å². The van der Waals surface area contributed by atoms with Gasteiger partial charge in [-0.1, -0.05) is 6.42 Å². The van der Waals surface area contributed by atoms with E-state index in [0.717, 1.165) is 12.8 Å². The Kier molecular flexibility index (Phi) is 6.41. The molecular formula is C16H20N2O6. The zero-order valence-corrected chi connectivity index (χ0v) is 13.2. The van der Waals surface area contributed by atoms with Crippen molar-refractivity contribution in [1.29, 1.82) is 0 Å². The highest BCUT2D eigenvalue weighted by molar-refractivity contribution is 5.98. The molecule has 0 aromatic heterocycles. The molecule has 24 heavy (non-hydrogen) atoms. The maximum atomic E-state index is 12.0. The molecule has 0 aliphatic carbocycles. The third kappa shape index (κ3) is 5.45. The summed E-state index contributed by atoms with van der Waals surface area (Å²) in [4.78, 5) is 34.1. The number of hydrogen-bond donors (Lipinski definition) is 2. The number of urea groups is 1. The number of amides is 2. The van der Waals surface area contributed by atoms with Crippen LogP contribution < -0.4 is 20.5 Å². The smallest absolute Gasteiger partial charge is 0.312 e. The number of unbranched alkanes of at least 4 members (excludes halogenated alkanes) is 2. The summed E-state index contributed by atoms with van der Waals surface area (Å²) in [6, 6.07) is 4.27. The van der Waals surface area contributed by atoms with E-state index in [1.807, 2.05) is 0 Å². The first-order valence-corrected chi connectivity index (χ1v) is 7.68. The molecule has 1 aliphatic heterocycles. The van der Waals surface area contributed by atoms with E-state index in [0.29, 0.717) is 30.0 Å². The minimum Gasteiger partial charge on any atom is -0.457 e. The SMILES string of the molecule is NC(=O)NCCCCCC(=O)OCC(=O)c1ccc2c(c1)OCO2. The number of ketones is 1. The fraction of sp³-hybridized carbons (Fsp3) is 0.438. The van der Waals surface area contributed by atoms with Gasteiger partial charge in [0.1, 0.15) is 0 Å². The summed E-state index contributed by atoms with van der Waals surface area (Å²) in [6.07, 6.45) is 2.33. The number of nitrogens with one attached hydrogen (secondary N) is 1. The number of Topliss-reactive ketones (excluding diaryl/α,β-unsaturated/α-hetero) is 1. The third-order valence-electron chi connectivity index (χ3n) is 3.42. The van der Waals surface area contributed by atoms with E-state index in [2.05, 4.69) is 5.32 Å². The van der Waals surface area contributed by atoms with Crippen LogP contribution in [0.5, 0.6) is 11.5 Å². The van der Waals surface area contributed by atoms with E-state index < -0.39 is 12.0 Å². The van der Waals surface area contributed by atoms with Crippen molar-refractivity contribution < 1.29 is 28.6 Å². The van der Waals surface area contributed by atoms with Crippen molar-refractivity contribution >= 4 is 17.8 Å². The molecule has 1 heterocycles. The molecule has 0 saturated carbocycles. The van der Waals surface area contributed by atoms with Gasteiger partial charge in [-0.2, -0.15) is 0 Å². The van der Waals surface area contributed by atoms with E-state index in [4.69, 9.17) is 19.9 Å². The minimum atomic E-state index is -0.559. The van der Waals surface area contributed by atoms with Crippen LogP contribution in [0.25, 0.3) is 0 Å². The Morgan fingerprint density at radius 3 is 2.71 bits per heavy atom. The number of carbonyl (C=O) groups excluding carboxylic acids is 3. The van der Waals surface area contributed by atoms with Crippen molar-refractivity contribution in [2.45, 2.75) is 25.7 Å². The van der Waals surface area contributed by atoms with E-state index in [-0.39, 0.29) is 25.6 Å². The molecule has 0 atom stereocenters. The Hall–Kier alpha value is -2.77. The maximum Gasteiger partial charge on any atom is 0.312 e. The van der Waals surface area contributed by atoms with Crippen LogP contribution in [0.2, 0.25) is 0 Å². The summed E-state index contributed by atoms with van der Waals surface area (Å²) >= 11 is 0. The molecule has 0 radical (unpaired) electrons. The van der Waals surface area contributed by atoms with Gasteiger partial charge < -0.3 is 25.3 Å². The monoisotopic (exact) mass is 336 g/mol. The second kappa shape index (κ2) is 8.76. The molecule has 8 heteroatoms. The van der Waals surface area contributed by atoms with Crippen LogP contribution >= 0.6 is 0 Å². The summed E-state index contributed by atoms with van der Waals surface area (Å²) in [5, 5.41) is 2.47. The largest absolute Gasteiger partial charge is 0.457 e. The fourth-order valence-electron chi connectivity index (χ4n) is 2.15. The van der Waals surface area contributed by atoms with Gasteiger partial charge in [0.2, 0.25) is 6.79 Å². The lowest BCUT2D eigenvalue weighted by molar-refractivity contribution is -0.142. The summed E-state index contributed by atoms with van der Waals surface area (Å²) in [5.41, 5.74) is 5.34. The molecule has 0 bridgehead atoms. The third-order valence-corrected chi connectivity index (χ3v) is 3.42. The normalized spacial score (nSPS) is 11.8. The van der Waals surface area contributed by atoms with Gasteiger partial charge in [-0.05, 0) is 31.0 Å².